The molecule has 0 saturated carbocycles. The maximum absolute atomic E-state index is 13.9. The number of amides is 2. The molecule has 3 rings (SSSR count). The van der Waals surface area contributed by atoms with Crippen LogP contribution in [0.1, 0.15) is 26.3 Å². The van der Waals surface area contributed by atoms with Gasteiger partial charge in [0.15, 0.2) is 0 Å². The summed E-state index contributed by atoms with van der Waals surface area (Å²) >= 11 is 6.04. The molecular weight excluding hydrogens is 538 g/mol. The standard InChI is InChI=1S/C29H34ClN3O5S/c1-21(2)18-31-29(35)22(3)32(19-23-13-15-24(30)16-14-23)28(34)20-33(25-9-8-10-26(17-25)38-4)39(36,37)27-11-6-5-7-12-27/h5-17,21-22H,18-20H2,1-4H3,(H,31,35)/t22-/m0/s1. The Morgan fingerprint density at radius 3 is 2.23 bits per heavy atom. The van der Waals surface area contributed by atoms with Gasteiger partial charge in [-0.1, -0.05) is 61.8 Å². The second-order valence-electron chi connectivity index (χ2n) is 9.49. The Morgan fingerprint density at radius 1 is 0.949 bits per heavy atom. The van der Waals surface area contributed by atoms with E-state index >= 15 is 0 Å². The number of rotatable bonds is 12. The van der Waals surface area contributed by atoms with Crippen LogP contribution in [0.4, 0.5) is 5.69 Å². The Labute approximate surface area is 235 Å². The number of hydrogen-bond acceptors (Lipinski definition) is 5. The minimum absolute atomic E-state index is 0.0348. The van der Waals surface area contributed by atoms with Gasteiger partial charge in [-0.15, -0.1) is 0 Å². The van der Waals surface area contributed by atoms with E-state index < -0.39 is 28.5 Å². The lowest BCUT2D eigenvalue weighted by Gasteiger charge is -2.32. The molecule has 0 aromatic heterocycles. The Bertz CT molecular complexity index is 1370. The number of halogens is 1. The maximum atomic E-state index is 13.9. The minimum atomic E-state index is -4.14. The van der Waals surface area contributed by atoms with E-state index in [-0.39, 0.29) is 29.0 Å². The van der Waals surface area contributed by atoms with Crippen molar-refractivity contribution in [3.8, 4) is 5.75 Å². The lowest BCUT2D eigenvalue weighted by molar-refractivity contribution is -0.139. The average Bonchev–Trinajstić information content (AvgIpc) is 2.94. The third kappa shape index (κ3) is 7.97. The molecule has 208 valence electrons. The fourth-order valence-electron chi connectivity index (χ4n) is 3.84. The molecule has 0 unspecified atom stereocenters. The topological polar surface area (TPSA) is 96.0 Å². The van der Waals surface area contributed by atoms with E-state index in [9.17, 15) is 18.0 Å². The zero-order valence-corrected chi connectivity index (χ0v) is 24.1. The maximum Gasteiger partial charge on any atom is 0.264 e. The van der Waals surface area contributed by atoms with Gasteiger partial charge in [0, 0.05) is 24.2 Å². The molecule has 0 saturated heterocycles. The predicted molar refractivity (Wildman–Crippen MR) is 153 cm³/mol. The third-order valence-corrected chi connectivity index (χ3v) is 8.11. The number of ether oxygens (including phenoxy) is 1. The van der Waals surface area contributed by atoms with Crippen molar-refractivity contribution < 1.29 is 22.7 Å². The average molecular weight is 572 g/mol. The first-order chi connectivity index (χ1) is 18.5. The molecule has 0 fully saturated rings. The smallest absolute Gasteiger partial charge is 0.264 e. The van der Waals surface area contributed by atoms with Crippen molar-refractivity contribution in [1.82, 2.24) is 10.2 Å². The molecule has 10 heteroatoms. The molecule has 0 radical (unpaired) electrons. The van der Waals surface area contributed by atoms with E-state index in [0.29, 0.717) is 17.3 Å². The van der Waals surface area contributed by atoms with Gasteiger partial charge in [-0.25, -0.2) is 8.42 Å². The fraction of sp³-hybridized carbons (Fsp3) is 0.310. The van der Waals surface area contributed by atoms with Crippen LogP contribution in [0.2, 0.25) is 5.02 Å². The van der Waals surface area contributed by atoms with Gasteiger partial charge in [0.25, 0.3) is 10.0 Å². The van der Waals surface area contributed by atoms with Crippen LogP contribution in [-0.4, -0.2) is 51.4 Å². The zero-order chi connectivity index (χ0) is 28.6. The highest BCUT2D eigenvalue weighted by Gasteiger charge is 2.32. The number of nitrogens with zero attached hydrogens (tertiary/aromatic N) is 2. The van der Waals surface area contributed by atoms with Gasteiger partial charge in [-0.2, -0.15) is 0 Å². The number of sulfonamides is 1. The summed E-state index contributed by atoms with van der Waals surface area (Å²) in [4.78, 5) is 28.3. The summed E-state index contributed by atoms with van der Waals surface area (Å²) in [6.07, 6.45) is 0. The number of anilines is 1. The SMILES string of the molecule is COc1cccc(N(CC(=O)N(Cc2ccc(Cl)cc2)[C@@H](C)C(=O)NCC(C)C)S(=O)(=O)c2ccccc2)c1. The van der Waals surface area contributed by atoms with Gasteiger partial charge >= 0.3 is 0 Å². The van der Waals surface area contributed by atoms with Crippen LogP contribution < -0.4 is 14.4 Å². The Hall–Kier alpha value is -3.56. The molecular formula is C29H34ClN3O5S. The molecule has 0 spiro atoms. The quantitative estimate of drug-likeness (QED) is 0.339. The van der Waals surface area contributed by atoms with Gasteiger partial charge in [0.2, 0.25) is 11.8 Å². The summed E-state index contributed by atoms with van der Waals surface area (Å²) in [6.45, 7) is 5.59. The van der Waals surface area contributed by atoms with Gasteiger partial charge in [0.1, 0.15) is 18.3 Å². The van der Waals surface area contributed by atoms with Crippen LogP contribution in [0.15, 0.2) is 83.8 Å². The molecule has 3 aromatic carbocycles. The number of carbonyl (C=O) groups excluding carboxylic acids is 2. The summed E-state index contributed by atoms with van der Waals surface area (Å²) in [7, 11) is -2.66. The van der Waals surface area contributed by atoms with E-state index in [0.717, 1.165) is 9.87 Å². The highest BCUT2D eigenvalue weighted by molar-refractivity contribution is 7.92. The van der Waals surface area contributed by atoms with Crippen molar-refractivity contribution in [2.75, 3.05) is 24.5 Å². The van der Waals surface area contributed by atoms with Crippen molar-refractivity contribution in [3.63, 3.8) is 0 Å². The Morgan fingerprint density at radius 2 is 1.62 bits per heavy atom. The monoisotopic (exact) mass is 571 g/mol. The van der Waals surface area contributed by atoms with Crippen LogP contribution in [0.25, 0.3) is 0 Å². The van der Waals surface area contributed by atoms with E-state index in [1.165, 1.54) is 24.1 Å². The van der Waals surface area contributed by atoms with E-state index in [4.69, 9.17) is 16.3 Å². The Balaban J connectivity index is 2.01. The van der Waals surface area contributed by atoms with Crippen LogP contribution in [-0.2, 0) is 26.2 Å². The van der Waals surface area contributed by atoms with Crippen molar-refractivity contribution >= 4 is 39.1 Å². The number of carbonyl (C=O) groups is 2. The van der Waals surface area contributed by atoms with Gasteiger partial charge in [0.05, 0.1) is 17.7 Å². The highest BCUT2D eigenvalue weighted by Crippen LogP contribution is 2.27. The molecule has 8 nitrogen and oxygen atoms in total. The summed E-state index contributed by atoms with van der Waals surface area (Å²) < 4.78 is 33.9. The lowest BCUT2D eigenvalue weighted by atomic mass is 10.1. The van der Waals surface area contributed by atoms with Crippen molar-refractivity contribution in [2.24, 2.45) is 5.92 Å². The largest absolute Gasteiger partial charge is 0.497 e. The highest BCUT2D eigenvalue weighted by atomic mass is 35.5. The predicted octanol–water partition coefficient (Wildman–Crippen LogP) is 4.73. The van der Waals surface area contributed by atoms with Gasteiger partial charge < -0.3 is 15.0 Å². The molecule has 39 heavy (non-hydrogen) atoms. The second-order valence-corrected chi connectivity index (χ2v) is 11.8. The van der Waals surface area contributed by atoms with Crippen LogP contribution >= 0.6 is 11.6 Å². The summed E-state index contributed by atoms with van der Waals surface area (Å²) in [5.74, 6) is -0.210. The number of hydrogen-bond donors (Lipinski definition) is 1. The van der Waals surface area contributed by atoms with Crippen molar-refractivity contribution in [1.29, 1.82) is 0 Å². The summed E-state index contributed by atoms with van der Waals surface area (Å²) in [5.41, 5.74) is 1.00. The molecule has 0 aliphatic carbocycles. The summed E-state index contributed by atoms with van der Waals surface area (Å²) in [5, 5.41) is 3.41. The molecule has 0 bridgehead atoms. The molecule has 2 amide bonds. The number of benzene rings is 3. The molecule has 1 atom stereocenters. The lowest BCUT2D eigenvalue weighted by Crippen LogP contribution is -2.51. The van der Waals surface area contributed by atoms with Gasteiger partial charge in [-0.3, -0.25) is 13.9 Å². The van der Waals surface area contributed by atoms with E-state index in [1.54, 1.807) is 73.7 Å². The van der Waals surface area contributed by atoms with Crippen LogP contribution in [0.5, 0.6) is 5.75 Å². The first-order valence-electron chi connectivity index (χ1n) is 12.6. The van der Waals surface area contributed by atoms with Crippen molar-refractivity contribution in [3.05, 3.63) is 89.4 Å². The Kier molecular flexibility index (Phi) is 10.4. The number of nitrogens with one attached hydrogen (secondary N) is 1. The van der Waals surface area contributed by atoms with E-state index in [2.05, 4.69) is 5.32 Å². The third-order valence-electron chi connectivity index (χ3n) is 6.07. The fourth-order valence-corrected chi connectivity index (χ4v) is 5.39. The molecule has 3 aromatic rings. The second kappa shape index (κ2) is 13.5. The zero-order valence-electron chi connectivity index (χ0n) is 22.5. The normalized spacial score (nSPS) is 12.1. The molecule has 0 aliphatic rings. The van der Waals surface area contributed by atoms with E-state index in [1.807, 2.05) is 13.8 Å². The van der Waals surface area contributed by atoms with Gasteiger partial charge in [-0.05, 0) is 54.8 Å². The van der Waals surface area contributed by atoms with Crippen LogP contribution in [0.3, 0.4) is 0 Å². The number of methoxy groups -OCH3 is 1. The summed E-state index contributed by atoms with van der Waals surface area (Å²) in [6, 6.07) is 20.4. The first-order valence-corrected chi connectivity index (χ1v) is 14.4. The minimum Gasteiger partial charge on any atom is -0.497 e. The first kappa shape index (κ1) is 30.0. The molecule has 0 aliphatic heterocycles. The van der Waals surface area contributed by atoms with Crippen LogP contribution in [0, 0.1) is 5.92 Å². The molecule has 1 N–H and O–H groups in total. The molecule has 0 heterocycles. The van der Waals surface area contributed by atoms with Crippen molar-refractivity contribution in [2.45, 2.75) is 38.3 Å².